The number of hydrogen-bond acceptors (Lipinski definition) is 5. The number of halogens is 1. The minimum absolute atomic E-state index is 0.0543. The van der Waals surface area contributed by atoms with Gasteiger partial charge in [0.25, 0.3) is 10.0 Å². The van der Waals surface area contributed by atoms with E-state index < -0.39 is 15.8 Å². The second kappa shape index (κ2) is 10.2. The fourth-order valence-corrected chi connectivity index (χ4v) is 5.30. The van der Waals surface area contributed by atoms with E-state index in [1.165, 1.54) is 54.8 Å². The Kier molecular flexibility index (Phi) is 7.09. The topological polar surface area (TPSA) is 79.4 Å². The molecule has 1 amide bonds. The fraction of sp³-hybridized carbons (Fsp3) is 0.0769. The summed E-state index contributed by atoms with van der Waals surface area (Å²) in [5.74, 6) is -0.764. The number of thiazole rings is 1. The summed E-state index contributed by atoms with van der Waals surface area (Å²) in [6.45, 7) is 1.57. The van der Waals surface area contributed by atoms with Crippen molar-refractivity contribution in [3.63, 3.8) is 0 Å². The molecule has 0 bridgehead atoms. The molecule has 35 heavy (non-hydrogen) atoms. The van der Waals surface area contributed by atoms with Crippen molar-refractivity contribution >= 4 is 44.7 Å². The molecule has 1 heterocycles. The number of amides is 1. The first-order chi connectivity index (χ1) is 16.8. The first kappa shape index (κ1) is 24.3. The summed E-state index contributed by atoms with van der Waals surface area (Å²) in [7, 11) is -2.48. The molecule has 0 aliphatic rings. The number of carbonyl (C=O) groups excluding carboxylic acids is 1. The predicted octanol–water partition coefficient (Wildman–Crippen LogP) is 5.73. The highest BCUT2D eigenvalue weighted by Gasteiger charge is 2.22. The van der Waals surface area contributed by atoms with Gasteiger partial charge in [0.2, 0.25) is 5.91 Å². The van der Waals surface area contributed by atoms with Crippen molar-refractivity contribution in [2.75, 3.05) is 16.7 Å². The van der Waals surface area contributed by atoms with Crippen LogP contribution in [0.1, 0.15) is 11.1 Å². The van der Waals surface area contributed by atoms with Gasteiger partial charge < -0.3 is 5.32 Å². The molecule has 0 aliphatic heterocycles. The smallest absolute Gasteiger partial charge is 0.264 e. The van der Waals surface area contributed by atoms with Crippen molar-refractivity contribution in [2.45, 2.75) is 11.8 Å². The summed E-state index contributed by atoms with van der Waals surface area (Å²) in [5, 5.41) is 5.51. The van der Waals surface area contributed by atoms with E-state index in [1.807, 2.05) is 23.6 Å². The van der Waals surface area contributed by atoms with E-state index >= 15 is 0 Å². The third-order valence-corrected chi connectivity index (χ3v) is 7.88. The van der Waals surface area contributed by atoms with E-state index in [0.717, 1.165) is 14.9 Å². The van der Waals surface area contributed by atoms with E-state index in [0.29, 0.717) is 22.5 Å². The molecule has 6 nitrogen and oxygen atoms in total. The Morgan fingerprint density at radius 1 is 1.09 bits per heavy atom. The van der Waals surface area contributed by atoms with E-state index in [2.05, 4.69) is 10.3 Å². The molecule has 4 aromatic rings. The number of sulfonamides is 1. The van der Waals surface area contributed by atoms with Crippen LogP contribution in [-0.2, 0) is 14.8 Å². The highest BCUT2D eigenvalue weighted by Crippen LogP contribution is 2.29. The first-order valence-corrected chi connectivity index (χ1v) is 12.9. The maximum Gasteiger partial charge on any atom is 0.264 e. The molecule has 0 fully saturated rings. The molecule has 4 rings (SSSR count). The molecule has 1 aromatic heterocycles. The quantitative estimate of drug-likeness (QED) is 0.324. The Morgan fingerprint density at radius 2 is 1.89 bits per heavy atom. The van der Waals surface area contributed by atoms with E-state index in [4.69, 9.17) is 0 Å². The van der Waals surface area contributed by atoms with Crippen LogP contribution < -0.4 is 9.62 Å². The van der Waals surface area contributed by atoms with Crippen molar-refractivity contribution in [3.05, 3.63) is 101 Å². The van der Waals surface area contributed by atoms with Crippen LogP contribution >= 0.6 is 11.3 Å². The second-order valence-corrected chi connectivity index (χ2v) is 10.5. The average Bonchev–Trinajstić information content (AvgIpc) is 3.39. The predicted molar refractivity (Wildman–Crippen MR) is 138 cm³/mol. The number of benzene rings is 3. The Morgan fingerprint density at radius 3 is 2.63 bits per heavy atom. The Labute approximate surface area is 207 Å². The van der Waals surface area contributed by atoms with Crippen molar-refractivity contribution in [3.8, 4) is 10.6 Å². The van der Waals surface area contributed by atoms with Gasteiger partial charge >= 0.3 is 0 Å². The number of nitrogens with zero attached hydrogens (tertiary/aromatic N) is 2. The average molecular weight is 508 g/mol. The van der Waals surface area contributed by atoms with Crippen molar-refractivity contribution in [1.29, 1.82) is 0 Å². The number of hydrogen-bond donors (Lipinski definition) is 1. The van der Waals surface area contributed by atoms with Gasteiger partial charge in [0.1, 0.15) is 10.8 Å². The van der Waals surface area contributed by atoms with Crippen molar-refractivity contribution < 1.29 is 17.6 Å². The standard InChI is InChI=1S/C26H22FN3O3S2/c1-18-16-20(11-12-23(18)27)30(2)35(32,33)21-7-5-6-19(17-21)10-13-25(31)29-24-9-4-3-8-22(24)26-28-14-15-34-26/h3-17H,1-2H3,(H,29,31)/b13-10+. The lowest BCUT2D eigenvalue weighted by Crippen LogP contribution is -2.26. The van der Waals surface area contributed by atoms with Gasteiger partial charge in [-0.1, -0.05) is 24.3 Å². The number of aromatic nitrogens is 1. The summed E-state index contributed by atoms with van der Waals surface area (Å²) in [4.78, 5) is 16.9. The molecule has 0 unspecified atom stereocenters. The lowest BCUT2D eigenvalue weighted by Gasteiger charge is -2.20. The normalized spacial score (nSPS) is 11.5. The Hall–Kier alpha value is -3.82. The molecular weight excluding hydrogens is 485 g/mol. The SMILES string of the molecule is Cc1cc(N(C)S(=O)(=O)c2cccc(/C=C/C(=O)Nc3ccccc3-c3nccs3)c2)ccc1F. The molecule has 3 aromatic carbocycles. The van der Waals surface area contributed by atoms with Gasteiger partial charge in [-0.15, -0.1) is 11.3 Å². The largest absolute Gasteiger partial charge is 0.322 e. The van der Waals surface area contributed by atoms with Crippen molar-refractivity contribution in [2.24, 2.45) is 0 Å². The third kappa shape index (κ3) is 5.47. The molecule has 178 valence electrons. The molecule has 0 aliphatic carbocycles. The van der Waals surface area contributed by atoms with Crippen molar-refractivity contribution in [1.82, 2.24) is 4.98 Å². The van der Waals surface area contributed by atoms with Gasteiger partial charge in [-0.2, -0.15) is 0 Å². The van der Waals surface area contributed by atoms with Crippen LogP contribution in [-0.4, -0.2) is 26.4 Å². The third-order valence-electron chi connectivity index (χ3n) is 5.30. The molecule has 0 radical (unpaired) electrons. The summed E-state index contributed by atoms with van der Waals surface area (Å²) in [5.41, 5.74) is 2.69. The Balaban J connectivity index is 1.52. The zero-order valence-electron chi connectivity index (χ0n) is 19.0. The van der Waals surface area contributed by atoms with Crippen LogP contribution in [0.25, 0.3) is 16.6 Å². The van der Waals surface area contributed by atoms with Gasteiger partial charge in [-0.3, -0.25) is 9.10 Å². The molecular formula is C26H22FN3O3S2. The second-order valence-electron chi connectivity index (χ2n) is 7.68. The first-order valence-electron chi connectivity index (χ1n) is 10.6. The van der Waals surface area contributed by atoms with Crippen LogP contribution in [0.2, 0.25) is 0 Å². The Bertz CT molecular complexity index is 1500. The maximum absolute atomic E-state index is 13.6. The summed E-state index contributed by atoms with van der Waals surface area (Å²) in [6.07, 6.45) is 4.59. The molecule has 9 heteroatoms. The van der Waals surface area contributed by atoms with Gasteiger partial charge in [0, 0.05) is 30.3 Å². The number of rotatable bonds is 7. The highest BCUT2D eigenvalue weighted by atomic mass is 32.2. The van der Waals surface area contributed by atoms with Crippen LogP contribution in [0.3, 0.4) is 0 Å². The lowest BCUT2D eigenvalue weighted by atomic mass is 10.2. The minimum atomic E-state index is -3.89. The number of aryl methyl sites for hydroxylation is 1. The maximum atomic E-state index is 13.6. The zero-order valence-corrected chi connectivity index (χ0v) is 20.6. The minimum Gasteiger partial charge on any atom is -0.322 e. The molecule has 1 N–H and O–H groups in total. The van der Waals surface area contributed by atoms with Crippen LogP contribution in [0.4, 0.5) is 15.8 Å². The summed E-state index contributed by atoms with van der Waals surface area (Å²) >= 11 is 1.47. The molecule has 0 saturated heterocycles. The van der Waals surface area contributed by atoms with Gasteiger partial charge in [-0.05, 0) is 66.6 Å². The monoisotopic (exact) mass is 507 g/mol. The van der Waals surface area contributed by atoms with Crippen LogP contribution in [0, 0.1) is 12.7 Å². The van der Waals surface area contributed by atoms with E-state index in [-0.39, 0.29) is 10.8 Å². The van der Waals surface area contributed by atoms with Gasteiger partial charge in [-0.25, -0.2) is 17.8 Å². The summed E-state index contributed by atoms with van der Waals surface area (Å²) < 4.78 is 41.0. The van der Waals surface area contributed by atoms with Crippen LogP contribution in [0.5, 0.6) is 0 Å². The molecule has 0 atom stereocenters. The van der Waals surface area contributed by atoms with Gasteiger partial charge in [0.15, 0.2) is 0 Å². The zero-order chi connectivity index (χ0) is 25.0. The summed E-state index contributed by atoms with van der Waals surface area (Å²) in [6, 6.07) is 17.8. The highest BCUT2D eigenvalue weighted by molar-refractivity contribution is 7.92. The fourth-order valence-electron chi connectivity index (χ4n) is 3.38. The van der Waals surface area contributed by atoms with E-state index in [1.54, 1.807) is 37.4 Å². The van der Waals surface area contributed by atoms with Crippen LogP contribution in [0.15, 0.2) is 89.3 Å². The van der Waals surface area contributed by atoms with Gasteiger partial charge in [0.05, 0.1) is 16.3 Å². The molecule has 0 spiro atoms. The number of anilines is 2. The number of nitrogens with one attached hydrogen (secondary N) is 1. The number of carbonyl (C=O) groups is 1. The number of para-hydroxylation sites is 1. The van der Waals surface area contributed by atoms with E-state index in [9.17, 15) is 17.6 Å². The molecule has 0 saturated carbocycles. The lowest BCUT2D eigenvalue weighted by molar-refractivity contribution is -0.111.